The molecule has 5 heteroatoms. The van der Waals surface area contributed by atoms with Crippen LogP contribution in [-0.2, 0) is 11.3 Å². The normalized spacial score (nSPS) is 12.7. The van der Waals surface area contributed by atoms with Crippen molar-refractivity contribution in [2.75, 3.05) is 25.2 Å². The van der Waals surface area contributed by atoms with Gasteiger partial charge in [-0.2, -0.15) is 0 Å². The van der Waals surface area contributed by atoms with Crippen LogP contribution in [0.3, 0.4) is 0 Å². The first-order valence-electron chi connectivity index (χ1n) is 7.62. The van der Waals surface area contributed by atoms with Crippen molar-refractivity contribution in [2.24, 2.45) is 0 Å². The van der Waals surface area contributed by atoms with Crippen LogP contribution >= 0.6 is 0 Å². The maximum atomic E-state index is 13.5. The van der Waals surface area contributed by atoms with E-state index >= 15 is 0 Å². The Balaban J connectivity index is 3.04. The van der Waals surface area contributed by atoms with Crippen LogP contribution in [0.25, 0.3) is 0 Å². The third-order valence-electron chi connectivity index (χ3n) is 3.54. The molecule has 0 aliphatic heterocycles. The zero-order valence-corrected chi connectivity index (χ0v) is 13.8. The zero-order chi connectivity index (χ0) is 15.8. The number of aromatic nitrogens is 1. The van der Waals surface area contributed by atoms with Crippen molar-refractivity contribution in [2.45, 2.75) is 52.7 Å². The number of anilines is 1. The number of halogens is 1. The summed E-state index contributed by atoms with van der Waals surface area (Å²) < 4.78 is 18.7. The van der Waals surface area contributed by atoms with Crippen LogP contribution < -0.4 is 10.2 Å². The minimum absolute atomic E-state index is 0.296. The number of ether oxygens (including phenoxy) is 1. The standard InChI is InChI=1S/C16H28FN3O/c1-6-13(4)20(7-8-21-5)16-14(10-18-12(2)3)9-15(17)11-19-16/h9,11-13,18H,6-8,10H2,1-5H3. The van der Waals surface area contributed by atoms with Crippen LogP contribution in [0.2, 0.25) is 0 Å². The first kappa shape index (κ1) is 17.9. The second kappa shape index (κ2) is 8.95. The Bertz CT molecular complexity index is 426. The van der Waals surface area contributed by atoms with Gasteiger partial charge in [-0.25, -0.2) is 9.37 Å². The highest BCUT2D eigenvalue weighted by atomic mass is 19.1. The third kappa shape index (κ3) is 5.59. The summed E-state index contributed by atoms with van der Waals surface area (Å²) in [6.45, 7) is 10.4. The van der Waals surface area contributed by atoms with Gasteiger partial charge in [0.2, 0.25) is 0 Å². The molecule has 0 aromatic carbocycles. The molecule has 120 valence electrons. The van der Waals surface area contributed by atoms with E-state index in [0.717, 1.165) is 24.3 Å². The van der Waals surface area contributed by atoms with Gasteiger partial charge in [0.05, 0.1) is 12.8 Å². The van der Waals surface area contributed by atoms with E-state index < -0.39 is 0 Å². The Kier molecular flexibility index (Phi) is 7.61. The molecule has 0 amide bonds. The maximum Gasteiger partial charge on any atom is 0.141 e. The van der Waals surface area contributed by atoms with Crippen LogP contribution in [0.1, 0.15) is 39.7 Å². The van der Waals surface area contributed by atoms with E-state index in [1.54, 1.807) is 13.2 Å². The van der Waals surface area contributed by atoms with E-state index in [1.807, 2.05) is 0 Å². The lowest BCUT2D eigenvalue weighted by molar-refractivity contribution is 0.203. The molecule has 1 rings (SSSR count). The van der Waals surface area contributed by atoms with E-state index in [1.165, 1.54) is 6.20 Å². The first-order valence-corrected chi connectivity index (χ1v) is 7.62. The summed E-state index contributed by atoms with van der Waals surface area (Å²) in [6, 6.07) is 2.24. The molecule has 1 atom stereocenters. The van der Waals surface area contributed by atoms with Gasteiger partial charge >= 0.3 is 0 Å². The van der Waals surface area contributed by atoms with Gasteiger partial charge in [0, 0.05) is 37.8 Å². The third-order valence-corrected chi connectivity index (χ3v) is 3.54. The molecule has 1 aromatic heterocycles. The van der Waals surface area contributed by atoms with E-state index in [0.29, 0.717) is 25.2 Å². The lowest BCUT2D eigenvalue weighted by Crippen LogP contribution is -2.37. The predicted octanol–water partition coefficient (Wildman–Crippen LogP) is 2.97. The molecule has 0 saturated carbocycles. The van der Waals surface area contributed by atoms with Crippen LogP contribution in [0.5, 0.6) is 0 Å². The highest BCUT2D eigenvalue weighted by Gasteiger charge is 2.18. The summed E-state index contributed by atoms with van der Waals surface area (Å²) >= 11 is 0. The van der Waals surface area contributed by atoms with Gasteiger partial charge in [-0.05, 0) is 19.4 Å². The minimum Gasteiger partial charge on any atom is -0.383 e. The van der Waals surface area contributed by atoms with Crippen molar-refractivity contribution in [3.8, 4) is 0 Å². The second-order valence-electron chi connectivity index (χ2n) is 5.62. The zero-order valence-electron chi connectivity index (χ0n) is 13.8. The molecule has 4 nitrogen and oxygen atoms in total. The maximum absolute atomic E-state index is 13.5. The predicted molar refractivity (Wildman–Crippen MR) is 85.1 cm³/mol. The highest BCUT2D eigenvalue weighted by Crippen LogP contribution is 2.22. The van der Waals surface area contributed by atoms with E-state index in [2.05, 4.69) is 42.9 Å². The van der Waals surface area contributed by atoms with Crippen molar-refractivity contribution >= 4 is 5.82 Å². The molecule has 1 N–H and O–H groups in total. The fraction of sp³-hybridized carbons (Fsp3) is 0.688. The Morgan fingerprint density at radius 3 is 2.67 bits per heavy atom. The summed E-state index contributed by atoms with van der Waals surface area (Å²) in [4.78, 5) is 6.53. The molecular weight excluding hydrogens is 269 g/mol. The molecule has 1 heterocycles. The topological polar surface area (TPSA) is 37.4 Å². The van der Waals surface area contributed by atoms with Crippen molar-refractivity contribution in [3.05, 3.63) is 23.6 Å². The largest absolute Gasteiger partial charge is 0.383 e. The molecule has 0 fully saturated rings. The smallest absolute Gasteiger partial charge is 0.141 e. The summed E-state index contributed by atoms with van der Waals surface area (Å²) in [5, 5.41) is 3.33. The highest BCUT2D eigenvalue weighted by molar-refractivity contribution is 5.48. The minimum atomic E-state index is -0.296. The van der Waals surface area contributed by atoms with Gasteiger partial charge in [-0.3, -0.25) is 0 Å². The quantitative estimate of drug-likeness (QED) is 0.760. The van der Waals surface area contributed by atoms with Gasteiger partial charge in [-0.1, -0.05) is 20.8 Å². The van der Waals surface area contributed by atoms with E-state index in [4.69, 9.17) is 4.74 Å². The molecule has 0 radical (unpaired) electrons. The van der Waals surface area contributed by atoms with Crippen LogP contribution in [0, 0.1) is 5.82 Å². The Morgan fingerprint density at radius 2 is 2.10 bits per heavy atom. The fourth-order valence-corrected chi connectivity index (χ4v) is 2.12. The molecular formula is C16H28FN3O. The molecule has 1 unspecified atom stereocenters. The molecule has 0 bridgehead atoms. The average Bonchev–Trinajstić information content (AvgIpc) is 2.46. The summed E-state index contributed by atoms with van der Waals surface area (Å²) in [7, 11) is 1.69. The number of hydrogen-bond donors (Lipinski definition) is 1. The fourth-order valence-electron chi connectivity index (χ4n) is 2.12. The number of nitrogens with one attached hydrogen (secondary N) is 1. The average molecular weight is 297 g/mol. The number of methoxy groups -OCH3 is 1. The van der Waals surface area contributed by atoms with Gasteiger partial charge in [0.15, 0.2) is 0 Å². The van der Waals surface area contributed by atoms with Crippen molar-refractivity contribution in [1.29, 1.82) is 0 Å². The monoisotopic (exact) mass is 297 g/mol. The second-order valence-corrected chi connectivity index (χ2v) is 5.62. The van der Waals surface area contributed by atoms with Crippen molar-refractivity contribution in [1.82, 2.24) is 10.3 Å². The van der Waals surface area contributed by atoms with Crippen molar-refractivity contribution in [3.63, 3.8) is 0 Å². The Hall–Kier alpha value is -1.20. The summed E-state index contributed by atoms with van der Waals surface area (Å²) in [6.07, 6.45) is 2.29. The Labute approximate surface area is 127 Å². The van der Waals surface area contributed by atoms with Gasteiger partial charge in [0.1, 0.15) is 11.6 Å². The Morgan fingerprint density at radius 1 is 1.38 bits per heavy atom. The van der Waals surface area contributed by atoms with Gasteiger partial charge in [0.25, 0.3) is 0 Å². The van der Waals surface area contributed by atoms with Gasteiger partial charge < -0.3 is 15.0 Å². The summed E-state index contributed by atoms with van der Waals surface area (Å²) in [5.74, 6) is 0.547. The molecule has 0 aliphatic rings. The van der Waals surface area contributed by atoms with E-state index in [9.17, 15) is 4.39 Å². The number of rotatable bonds is 9. The van der Waals surface area contributed by atoms with E-state index in [-0.39, 0.29) is 5.82 Å². The lowest BCUT2D eigenvalue weighted by atomic mass is 10.1. The number of nitrogens with zero attached hydrogens (tertiary/aromatic N) is 2. The van der Waals surface area contributed by atoms with Crippen LogP contribution in [0.4, 0.5) is 10.2 Å². The number of hydrogen-bond acceptors (Lipinski definition) is 4. The molecule has 0 spiro atoms. The first-order chi connectivity index (χ1) is 9.99. The summed E-state index contributed by atoms with van der Waals surface area (Å²) in [5.41, 5.74) is 0.889. The van der Waals surface area contributed by atoms with Crippen LogP contribution in [0.15, 0.2) is 12.3 Å². The molecule has 0 aliphatic carbocycles. The lowest BCUT2D eigenvalue weighted by Gasteiger charge is -2.31. The molecule has 21 heavy (non-hydrogen) atoms. The SMILES string of the molecule is CCC(C)N(CCOC)c1ncc(F)cc1CNC(C)C. The van der Waals surface area contributed by atoms with Crippen molar-refractivity contribution < 1.29 is 9.13 Å². The number of pyridine rings is 1. The molecule has 0 saturated heterocycles. The van der Waals surface area contributed by atoms with Crippen LogP contribution in [-0.4, -0.2) is 37.3 Å². The van der Waals surface area contributed by atoms with Gasteiger partial charge in [-0.15, -0.1) is 0 Å². The molecule has 1 aromatic rings.